The van der Waals surface area contributed by atoms with Crippen LogP contribution in [0.25, 0.3) is 0 Å². The predicted molar refractivity (Wildman–Crippen MR) is 122 cm³/mol. The van der Waals surface area contributed by atoms with Gasteiger partial charge in [0.1, 0.15) is 12.4 Å². The molecular weight excluding hydrogens is 489 g/mol. The summed E-state index contributed by atoms with van der Waals surface area (Å²) >= 11 is 0. The number of ether oxygens (including phenoxy) is 2. The van der Waals surface area contributed by atoms with E-state index in [-0.39, 0.29) is 36.1 Å². The van der Waals surface area contributed by atoms with Gasteiger partial charge in [0.05, 0.1) is 6.61 Å². The number of hydrogen-bond donors (Lipinski definition) is 2. The number of hydrogen-bond acceptors (Lipinski definition) is 6. The van der Waals surface area contributed by atoms with Crippen molar-refractivity contribution in [1.82, 2.24) is 30.3 Å². The Morgan fingerprint density at radius 2 is 2.03 bits per heavy atom. The van der Waals surface area contributed by atoms with Gasteiger partial charge in [-0.05, 0) is 33.1 Å². The third-order valence-corrected chi connectivity index (χ3v) is 4.74. The fraction of sp³-hybridized carbons (Fsp3) is 0.778. The Kier molecular flexibility index (Phi) is 11.9. The largest absolute Gasteiger partial charge is 0.450 e. The number of rotatable bonds is 8. The van der Waals surface area contributed by atoms with Gasteiger partial charge in [-0.1, -0.05) is 0 Å². The molecule has 0 radical (unpaired) electrons. The fourth-order valence-corrected chi connectivity index (χ4v) is 2.93. The summed E-state index contributed by atoms with van der Waals surface area (Å²) in [7, 11) is 3.63. The van der Waals surface area contributed by atoms with Crippen LogP contribution in [0.1, 0.15) is 37.8 Å². The highest BCUT2D eigenvalue weighted by atomic mass is 127. The minimum Gasteiger partial charge on any atom is -0.450 e. The van der Waals surface area contributed by atoms with Crippen molar-refractivity contribution in [1.29, 1.82) is 0 Å². The van der Waals surface area contributed by atoms with Crippen molar-refractivity contribution >= 4 is 36.0 Å². The number of amides is 1. The van der Waals surface area contributed by atoms with Crippen molar-refractivity contribution in [3.05, 3.63) is 11.6 Å². The number of likely N-dealkylation sites (tertiary alicyclic amines) is 1. The molecule has 1 amide bonds. The topological polar surface area (TPSA) is 106 Å². The average molecular weight is 523 g/mol. The zero-order valence-electron chi connectivity index (χ0n) is 17.8. The zero-order valence-corrected chi connectivity index (χ0v) is 20.1. The molecule has 1 aliphatic rings. The van der Waals surface area contributed by atoms with Crippen molar-refractivity contribution < 1.29 is 14.3 Å². The van der Waals surface area contributed by atoms with Crippen LogP contribution in [-0.4, -0.2) is 77.7 Å². The molecule has 10 nitrogen and oxygen atoms in total. The number of nitrogens with one attached hydrogen (secondary N) is 2. The van der Waals surface area contributed by atoms with Crippen molar-refractivity contribution in [2.45, 2.75) is 45.7 Å². The molecule has 0 spiro atoms. The second-order valence-electron chi connectivity index (χ2n) is 6.77. The Bertz CT molecular complexity index is 645. The molecule has 1 fully saturated rings. The molecule has 0 atom stereocenters. The Morgan fingerprint density at radius 3 is 2.62 bits per heavy atom. The molecular formula is C18H34IN7O3. The Morgan fingerprint density at radius 1 is 1.31 bits per heavy atom. The van der Waals surface area contributed by atoms with E-state index < -0.39 is 0 Å². The van der Waals surface area contributed by atoms with Crippen LogP contribution >= 0.6 is 24.0 Å². The number of guanidine groups is 1. The highest BCUT2D eigenvalue weighted by Gasteiger charge is 2.24. The monoisotopic (exact) mass is 523 g/mol. The van der Waals surface area contributed by atoms with Gasteiger partial charge in [-0.25, -0.2) is 9.79 Å². The second-order valence-corrected chi connectivity index (χ2v) is 6.77. The van der Waals surface area contributed by atoms with Crippen LogP contribution < -0.4 is 10.6 Å². The van der Waals surface area contributed by atoms with Gasteiger partial charge in [-0.3, -0.25) is 0 Å². The van der Waals surface area contributed by atoms with E-state index in [4.69, 9.17) is 9.47 Å². The lowest BCUT2D eigenvalue weighted by Crippen LogP contribution is -2.50. The number of nitrogens with zero attached hydrogens (tertiary/aromatic N) is 5. The maximum Gasteiger partial charge on any atom is 0.409 e. The average Bonchev–Trinajstić information content (AvgIpc) is 3.02. The van der Waals surface area contributed by atoms with Crippen LogP contribution in [0.5, 0.6) is 0 Å². The molecule has 0 bridgehead atoms. The third kappa shape index (κ3) is 8.33. The summed E-state index contributed by atoms with van der Waals surface area (Å²) < 4.78 is 12.1. The normalized spacial score (nSPS) is 15.0. The molecule has 29 heavy (non-hydrogen) atoms. The van der Waals surface area contributed by atoms with Crippen LogP contribution in [0, 0.1) is 6.92 Å². The first-order valence-corrected chi connectivity index (χ1v) is 9.85. The number of halogens is 1. The van der Waals surface area contributed by atoms with Gasteiger partial charge in [0.25, 0.3) is 0 Å². The molecule has 1 aromatic heterocycles. The SMILES string of the molecule is CCOC(=O)N1CCC(NC(=NCc2nnc(C)n2C)NCCCOC)CC1.I. The number of aryl methyl sites for hydroxylation is 1. The summed E-state index contributed by atoms with van der Waals surface area (Å²) in [6, 6.07) is 0.251. The van der Waals surface area contributed by atoms with Gasteiger partial charge in [0.2, 0.25) is 0 Å². The number of carbonyl (C=O) groups excluding carboxylic acids is 1. The van der Waals surface area contributed by atoms with E-state index in [0.29, 0.717) is 32.8 Å². The molecule has 2 rings (SSSR count). The highest BCUT2D eigenvalue weighted by molar-refractivity contribution is 14.0. The van der Waals surface area contributed by atoms with Crippen LogP contribution in [0.15, 0.2) is 4.99 Å². The van der Waals surface area contributed by atoms with E-state index in [1.807, 2.05) is 25.5 Å². The summed E-state index contributed by atoms with van der Waals surface area (Å²) in [6.07, 6.45) is 2.35. The summed E-state index contributed by atoms with van der Waals surface area (Å²) in [5, 5.41) is 15.1. The van der Waals surface area contributed by atoms with Gasteiger partial charge >= 0.3 is 6.09 Å². The first kappa shape index (κ1) is 25.4. The van der Waals surface area contributed by atoms with Crippen LogP contribution in [0.4, 0.5) is 4.79 Å². The lowest BCUT2D eigenvalue weighted by Gasteiger charge is -2.32. The van der Waals surface area contributed by atoms with Crippen molar-refractivity contribution in [3.63, 3.8) is 0 Å². The van der Waals surface area contributed by atoms with Crippen molar-refractivity contribution in [3.8, 4) is 0 Å². The Hall–Kier alpha value is -1.63. The molecule has 1 saturated heterocycles. The smallest absolute Gasteiger partial charge is 0.409 e. The number of carbonyl (C=O) groups is 1. The standard InChI is InChI=1S/C18H33N7O3.HI/c1-5-28-18(26)25-10-7-15(8-11-25)21-17(19-9-6-12-27-4)20-13-16-23-22-14(2)24(16)3;/h15H,5-13H2,1-4H3,(H2,19,20,21);1H. The van der Waals surface area contributed by atoms with Gasteiger partial charge in [-0.2, -0.15) is 0 Å². The lowest BCUT2D eigenvalue weighted by molar-refractivity contribution is 0.0963. The molecule has 2 heterocycles. The van der Waals surface area contributed by atoms with Gasteiger partial charge < -0.3 is 29.6 Å². The van der Waals surface area contributed by atoms with E-state index in [9.17, 15) is 4.79 Å². The van der Waals surface area contributed by atoms with Crippen LogP contribution in [0.3, 0.4) is 0 Å². The molecule has 1 aliphatic heterocycles. The number of aromatic nitrogens is 3. The first-order chi connectivity index (χ1) is 13.5. The van der Waals surface area contributed by atoms with Gasteiger partial charge in [-0.15, -0.1) is 34.2 Å². The minimum atomic E-state index is -0.231. The molecule has 166 valence electrons. The number of aliphatic imine (C=N–C) groups is 1. The van der Waals surface area contributed by atoms with E-state index in [0.717, 1.165) is 43.4 Å². The Labute approximate surface area is 189 Å². The minimum absolute atomic E-state index is 0. The lowest BCUT2D eigenvalue weighted by atomic mass is 10.1. The highest BCUT2D eigenvalue weighted by Crippen LogP contribution is 2.11. The summed E-state index contributed by atoms with van der Waals surface area (Å²) in [5.74, 6) is 2.41. The van der Waals surface area contributed by atoms with E-state index in [2.05, 4.69) is 25.8 Å². The van der Waals surface area contributed by atoms with Crippen LogP contribution in [0.2, 0.25) is 0 Å². The summed E-state index contributed by atoms with van der Waals surface area (Å²) in [5.41, 5.74) is 0. The fourth-order valence-electron chi connectivity index (χ4n) is 2.93. The molecule has 1 aromatic rings. The third-order valence-electron chi connectivity index (χ3n) is 4.74. The number of piperidine rings is 1. The summed E-state index contributed by atoms with van der Waals surface area (Å²) in [6.45, 7) is 7.40. The maximum absolute atomic E-state index is 11.8. The quantitative estimate of drug-likeness (QED) is 0.230. The van der Waals surface area contributed by atoms with Crippen LogP contribution in [-0.2, 0) is 23.1 Å². The summed E-state index contributed by atoms with van der Waals surface area (Å²) in [4.78, 5) is 18.3. The van der Waals surface area contributed by atoms with Gasteiger partial charge in [0, 0.05) is 46.4 Å². The molecule has 0 aromatic carbocycles. The molecule has 0 saturated carbocycles. The van der Waals surface area contributed by atoms with Gasteiger partial charge in [0.15, 0.2) is 11.8 Å². The van der Waals surface area contributed by atoms with E-state index in [1.54, 1.807) is 12.0 Å². The van der Waals surface area contributed by atoms with E-state index in [1.165, 1.54) is 0 Å². The zero-order chi connectivity index (χ0) is 20.4. The maximum atomic E-state index is 11.8. The second kappa shape index (κ2) is 13.6. The number of methoxy groups -OCH3 is 1. The molecule has 2 N–H and O–H groups in total. The molecule has 0 unspecified atom stereocenters. The van der Waals surface area contributed by atoms with Crippen molar-refractivity contribution in [2.24, 2.45) is 12.0 Å². The Balaban J connectivity index is 0.00000420. The predicted octanol–water partition coefficient (Wildman–Crippen LogP) is 1.43. The molecule has 0 aliphatic carbocycles. The molecule has 11 heteroatoms. The first-order valence-electron chi connectivity index (χ1n) is 9.85. The van der Waals surface area contributed by atoms with Crippen molar-refractivity contribution in [2.75, 3.05) is 40.0 Å². The van der Waals surface area contributed by atoms with E-state index >= 15 is 0 Å².